The van der Waals surface area contributed by atoms with E-state index < -0.39 is 12.1 Å². The summed E-state index contributed by atoms with van der Waals surface area (Å²) in [4.78, 5) is 13.9. The maximum Gasteiger partial charge on any atom is 0.339 e. The van der Waals surface area contributed by atoms with Crippen molar-refractivity contribution in [1.82, 2.24) is 4.90 Å². The van der Waals surface area contributed by atoms with Crippen LogP contribution in [0.5, 0.6) is 0 Å². The Morgan fingerprint density at radius 2 is 1.94 bits per heavy atom. The first-order valence-electron chi connectivity index (χ1n) is 6.39. The van der Waals surface area contributed by atoms with Crippen LogP contribution in [-0.4, -0.2) is 42.2 Å². The van der Waals surface area contributed by atoms with E-state index in [1.54, 1.807) is 24.3 Å². The molecule has 1 aliphatic rings. The maximum atomic E-state index is 11.6. The molecule has 2 rings (SSSR count). The fourth-order valence-electron chi connectivity index (χ4n) is 2.13. The minimum Gasteiger partial charge on any atom is -0.462 e. The molecule has 1 N–H and O–H groups in total. The van der Waals surface area contributed by atoms with Gasteiger partial charge in [0.25, 0.3) is 0 Å². The highest BCUT2D eigenvalue weighted by atomic mass is 16.5. The van der Waals surface area contributed by atoms with E-state index >= 15 is 0 Å². The molecule has 1 aliphatic heterocycles. The normalized spacial score (nSPS) is 17.6. The lowest BCUT2D eigenvalue weighted by Crippen LogP contribution is -2.26. The van der Waals surface area contributed by atoms with E-state index in [1.165, 1.54) is 12.8 Å². The van der Waals surface area contributed by atoms with Gasteiger partial charge in [-0.15, -0.1) is 0 Å². The molecule has 0 amide bonds. The highest BCUT2D eigenvalue weighted by Gasteiger charge is 2.19. The molecule has 0 unspecified atom stereocenters. The third-order valence-electron chi connectivity index (χ3n) is 3.19. The molecule has 98 valence electrons. The molecule has 0 bridgehead atoms. The molecule has 1 aromatic rings. The minimum atomic E-state index is -1.18. The van der Waals surface area contributed by atoms with Gasteiger partial charge >= 0.3 is 5.97 Å². The van der Waals surface area contributed by atoms with E-state index in [1.807, 2.05) is 6.07 Å². The van der Waals surface area contributed by atoms with E-state index in [4.69, 9.17) is 4.74 Å². The third-order valence-corrected chi connectivity index (χ3v) is 3.19. The number of carbonyl (C=O) groups is 1. The summed E-state index contributed by atoms with van der Waals surface area (Å²) >= 11 is 0. The van der Waals surface area contributed by atoms with Crippen LogP contribution in [0.4, 0.5) is 0 Å². The fourth-order valence-corrected chi connectivity index (χ4v) is 2.13. The van der Waals surface area contributed by atoms with Crippen molar-refractivity contribution >= 4 is 5.97 Å². The molecule has 4 nitrogen and oxygen atoms in total. The van der Waals surface area contributed by atoms with Crippen LogP contribution in [0.3, 0.4) is 0 Å². The molecule has 0 aromatic heterocycles. The molecular weight excluding hydrogens is 230 g/mol. The topological polar surface area (TPSA) is 49.8 Å². The van der Waals surface area contributed by atoms with Crippen molar-refractivity contribution in [2.75, 3.05) is 26.2 Å². The first-order valence-corrected chi connectivity index (χ1v) is 6.39. The van der Waals surface area contributed by atoms with Gasteiger partial charge in [-0.1, -0.05) is 30.3 Å². The van der Waals surface area contributed by atoms with E-state index in [9.17, 15) is 9.90 Å². The number of rotatable bonds is 5. The van der Waals surface area contributed by atoms with E-state index in [2.05, 4.69) is 4.90 Å². The average molecular weight is 249 g/mol. The van der Waals surface area contributed by atoms with Gasteiger partial charge in [-0.05, 0) is 31.5 Å². The van der Waals surface area contributed by atoms with E-state index in [0.29, 0.717) is 12.2 Å². The highest BCUT2D eigenvalue weighted by Crippen LogP contribution is 2.13. The van der Waals surface area contributed by atoms with Crippen LogP contribution in [0, 0.1) is 0 Å². The third kappa shape index (κ3) is 3.55. The van der Waals surface area contributed by atoms with Gasteiger partial charge in [0, 0.05) is 6.54 Å². The van der Waals surface area contributed by atoms with Crippen molar-refractivity contribution in [2.45, 2.75) is 18.9 Å². The highest BCUT2D eigenvalue weighted by molar-refractivity contribution is 5.76. The zero-order valence-corrected chi connectivity index (χ0v) is 10.4. The first-order chi connectivity index (χ1) is 8.77. The summed E-state index contributed by atoms with van der Waals surface area (Å²) in [7, 11) is 0. The molecule has 1 saturated heterocycles. The molecule has 1 aromatic carbocycles. The van der Waals surface area contributed by atoms with Crippen molar-refractivity contribution in [2.24, 2.45) is 0 Å². The van der Waals surface area contributed by atoms with Crippen LogP contribution in [0.2, 0.25) is 0 Å². The smallest absolute Gasteiger partial charge is 0.339 e. The van der Waals surface area contributed by atoms with Crippen molar-refractivity contribution in [1.29, 1.82) is 0 Å². The predicted octanol–water partition coefficient (Wildman–Crippen LogP) is 1.36. The number of carbonyl (C=O) groups excluding carboxylic acids is 1. The number of aliphatic hydroxyl groups is 1. The molecule has 0 spiro atoms. The van der Waals surface area contributed by atoms with Gasteiger partial charge < -0.3 is 9.84 Å². The van der Waals surface area contributed by atoms with Gasteiger partial charge in [-0.3, -0.25) is 4.90 Å². The molecular formula is C14H19NO3. The second-order valence-corrected chi connectivity index (χ2v) is 4.53. The van der Waals surface area contributed by atoms with Gasteiger partial charge in [0.2, 0.25) is 0 Å². The number of hydrogen-bond donors (Lipinski definition) is 1. The molecule has 0 radical (unpaired) electrons. The zero-order chi connectivity index (χ0) is 12.8. The Kier molecular flexibility index (Phi) is 4.73. The van der Waals surface area contributed by atoms with Crippen molar-refractivity contribution in [3.63, 3.8) is 0 Å². The van der Waals surface area contributed by atoms with Gasteiger partial charge in [0.1, 0.15) is 6.61 Å². The Hall–Kier alpha value is -1.39. The SMILES string of the molecule is O=C(OCCN1CCCC1)[C@H](O)c1ccccc1. The molecule has 1 fully saturated rings. The van der Waals surface area contributed by atoms with Crippen LogP contribution in [-0.2, 0) is 9.53 Å². The number of hydrogen-bond acceptors (Lipinski definition) is 4. The van der Waals surface area contributed by atoms with Crippen LogP contribution in [0.25, 0.3) is 0 Å². The first kappa shape index (κ1) is 13.1. The number of likely N-dealkylation sites (tertiary alicyclic amines) is 1. The van der Waals surface area contributed by atoms with Crippen LogP contribution in [0.1, 0.15) is 24.5 Å². The monoisotopic (exact) mass is 249 g/mol. The molecule has 1 atom stereocenters. The fraction of sp³-hybridized carbons (Fsp3) is 0.500. The standard InChI is InChI=1S/C14H19NO3/c16-13(12-6-2-1-3-7-12)14(17)18-11-10-15-8-4-5-9-15/h1-3,6-7,13,16H,4-5,8-11H2/t13-/m1/s1. The van der Waals surface area contributed by atoms with E-state index in [0.717, 1.165) is 19.6 Å². The largest absolute Gasteiger partial charge is 0.462 e. The molecule has 4 heteroatoms. The Balaban J connectivity index is 1.74. The summed E-state index contributed by atoms with van der Waals surface area (Å²) in [6.45, 7) is 3.27. The number of esters is 1. The van der Waals surface area contributed by atoms with E-state index in [-0.39, 0.29) is 0 Å². The van der Waals surface area contributed by atoms with Gasteiger partial charge in [-0.25, -0.2) is 4.79 Å². The second-order valence-electron chi connectivity index (χ2n) is 4.53. The van der Waals surface area contributed by atoms with Crippen LogP contribution < -0.4 is 0 Å². The zero-order valence-electron chi connectivity index (χ0n) is 10.4. The minimum absolute atomic E-state index is 0.350. The Bertz CT molecular complexity index is 374. The Morgan fingerprint density at radius 1 is 1.28 bits per heavy atom. The number of ether oxygens (including phenoxy) is 1. The van der Waals surface area contributed by atoms with Crippen LogP contribution >= 0.6 is 0 Å². The maximum absolute atomic E-state index is 11.6. The molecule has 0 aliphatic carbocycles. The Labute approximate surface area is 107 Å². The summed E-state index contributed by atoms with van der Waals surface area (Å²) in [5.74, 6) is -0.569. The van der Waals surface area contributed by atoms with Crippen molar-refractivity contribution < 1.29 is 14.6 Å². The number of nitrogens with zero attached hydrogens (tertiary/aromatic N) is 1. The van der Waals surface area contributed by atoms with Crippen LogP contribution in [0.15, 0.2) is 30.3 Å². The molecule has 0 saturated carbocycles. The predicted molar refractivity (Wildman–Crippen MR) is 68.0 cm³/mol. The Morgan fingerprint density at radius 3 is 2.61 bits per heavy atom. The van der Waals surface area contributed by atoms with Crippen molar-refractivity contribution in [3.05, 3.63) is 35.9 Å². The average Bonchev–Trinajstić information content (AvgIpc) is 2.92. The van der Waals surface area contributed by atoms with Crippen molar-refractivity contribution in [3.8, 4) is 0 Å². The summed E-state index contributed by atoms with van der Waals surface area (Å²) in [6, 6.07) is 8.85. The molecule has 1 heterocycles. The number of aliphatic hydroxyl groups excluding tert-OH is 1. The lowest BCUT2D eigenvalue weighted by atomic mass is 10.1. The lowest BCUT2D eigenvalue weighted by Gasteiger charge is -2.15. The number of benzene rings is 1. The molecule has 18 heavy (non-hydrogen) atoms. The van der Waals surface area contributed by atoms with Gasteiger partial charge in [-0.2, -0.15) is 0 Å². The summed E-state index contributed by atoms with van der Waals surface area (Å²) in [6.07, 6.45) is 1.27. The van der Waals surface area contributed by atoms with Gasteiger partial charge in [0.15, 0.2) is 6.10 Å². The summed E-state index contributed by atoms with van der Waals surface area (Å²) < 4.78 is 5.09. The quantitative estimate of drug-likeness (QED) is 0.800. The second kappa shape index (κ2) is 6.52. The summed E-state index contributed by atoms with van der Waals surface area (Å²) in [5, 5.41) is 9.79. The summed E-state index contributed by atoms with van der Waals surface area (Å²) in [5.41, 5.74) is 0.573. The van der Waals surface area contributed by atoms with Gasteiger partial charge in [0.05, 0.1) is 0 Å². The lowest BCUT2D eigenvalue weighted by molar-refractivity contribution is -0.154.